The Labute approximate surface area is 97.5 Å². The van der Waals surface area contributed by atoms with Crippen molar-refractivity contribution in [3.8, 4) is 17.2 Å². The molecule has 0 bridgehead atoms. The maximum Gasteiger partial charge on any atom is 0.259 e. The van der Waals surface area contributed by atoms with E-state index in [9.17, 15) is 9.90 Å². The Bertz CT molecular complexity index is 607. The molecule has 2 aromatic rings. The Hall–Kier alpha value is -2.49. The molecule has 0 saturated heterocycles. The molecule has 84 valence electrons. The third kappa shape index (κ3) is 1.50. The minimum Gasteiger partial charge on any atom is -0.504 e. The molecule has 4 heteroatoms. The summed E-state index contributed by atoms with van der Waals surface area (Å²) in [4.78, 5) is 11.9. The summed E-state index contributed by atoms with van der Waals surface area (Å²) in [5, 5.41) is 12.5. The summed E-state index contributed by atoms with van der Waals surface area (Å²) < 4.78 is 5.57. The number of rotatable bonds is 0. The number of amides is 1. The van der Waals surface area contributed by atoms with Crippen LogP contribution in [0.15, 0.2) is 42.5 Å². The second-order valence-electron chi connectivity index (χ2n) is 3.71. The van der Waals surface area contributed by atoms with E-state index in [0.29, 0.717) is 17.0 Å². The van der Waals surface area contributed by atoms with Crippen LogP contribution >= 0.6 is 0 Å². The molecule has 1 amide bonds. The average molecular weight is 227 g/mol. The minimum atomic E-state index is -0.291. The predicted octanol–water partition coefficient (Wildman–Crippen LogP) is 2.75. The first-order valence-electron chi connectivity index (χ1n) is 5.16. The van der Waals surface area contributed by atoms with Crippen LogP contribution in [0, 0.1) is 0 Å². The maximum atomic E-state index is 11.9. The van der Waals surface area contributed by atoms with Crippen molar-refractivity contribution in [2.45, 2.75) is 0 Å². The lowest BCUT2D eigenvalue weighted by Gasteiger charge is -2.08. The lowest BCUT2D eigenvalue weighted by Crippen LogP contribution is -2.10. The third-order valence-corrected chi connectivity index (χ3v) is 2.59. The molecule has 0 saturated carbocycles. The van der Waals surface area contributed by atoms with Crippen LogP contribution < -0.4 is 10.1 Å². The number of aromatic hydroxyl groups is 1. The van der Waals surface area contributed by atoms with Gasteiger partial charge in [-0.3, -0.25) is 4.79 Å². The molecule has 2 aromatic carbocycles. The summed E-state index contributed by atoms with van der Waals surface area (Å²) in [7, 11) is 0. The van der Waals surface area contributed by atoms with E-state index in [0.717, 1.165) is 0 Å². The molecule has 1 aliphatic rings. The number of benzene rings is 2. The van der Waals surface area contributed by atoms with Crippen molar-refractivity contribution in [1.29, 1.82) is 0 Å². The van der Waals surface area contributed by atoms with Crippen molar-refractivity contribution < 1.29 is 14.6 Å². The Morgan fingerprint density at radius 3 is 2.76 bits per heavy atom. The number of fused-ring (bicyclic) bond motifs is 2. The monoisotopic (exact) mass is 227 g/mol. The van der Waals surface area contributed by atoms with Crippen LogP contribution in [0.1, 0.15) is 10.4 Å². The number of hydrogen-bond donors (Lipinski definition) is 2. The highest BCUT2D eigenvalue weighted by Gasteiger charge is 2.22. The standard InChI is InChI=1S/C13H9NO3/c15-10-6-3-4-8-12(10)17-11-7-2-1-5-9(11)14-13(8)16/h1-7,15H,(H,14,16). The number of anilines is 1. The van der Waals surface area contributed by atoms with E-state index in [4.69, 9.17) is 4.74 Å². The zero-order valence-corrected chi connectivity index (χ0v) is 8.81. The quantitative estimate of drug-likeness (QED) is 0.727. The first kappa shape index (κ1) is 9.72. The molecule has 0 radical (unpaired) electrons. The lowest BCUT2D eigenvalue weighted by atomic mass is 10.2. The molecule has 1 aliphatic heterocycles. The van der Waals surface area contributed by atoms with Crippen molar-refractivity contribution in [2.75, 3.05) is 5.32 Å². The molecule has 0 fully saturated rings. The smallest absolute Gasteiger partial charge is 0.259 e. The van der Waals surface area contributed by atoms with E-state index in [-0.39, 0.29) is 17.4 Å². The highest BCUT2D eigenvalue weighted by atomic mass is 16.5. The number of carbonyl (C=O) groups excluding carboxylic acids is 1. The summed E-state index contributed by atoms with van der Waals surface area (Å²) in [6.45, 7) is 0. The van der Waals surface area contributed by atoms with E-state index >= 15 is 0 Å². The number of nitrogens with one attached hydrogen (secondary N) is 1. The number of phenols is 1. The van der Waals surface area contributed by atoms with Gasteiger partial charge in [-0.05, 0) is 24.3 Å². The van der Waals surface area contributed by atoms with Gasteiger partial charge in [0.15, 0.2) is 17.2 Å². The zero-order valence-electron chi connectivity index (χ0n) is 8.81. The first-order chi connectivity index (χ1) is 8.25. The number of ether oxygens (including phenoxy) is 1. The van der Waals surface area contributed by atoms with Crippen LogP contribution in [-0.4, -0.2) is 11.0 Å². The molecule has 17 heavy (non-hydrogen) atoms. The average Bonchev–Trinajstić information content (AvgIpc) is 2.47. The van der Waals surface area contributed by atoms with Gasteiger partial charge in [0.25, 0.3) is 5.91 Å². The van der Waals surface area contributed by atoms with Crippen molar-refractivity contribution in [1.82, 2.24) is 0 Å². The van der Waals surface area contributed by atoms with Crippen molar-refractivity contribution in [2.24, 2.45) is 0 Å². The predicted molar refractivity (Wildman–Crippen MR) is 62.6 cm³/mol. The summed E-state index contributed by atoms with van der Waals surface area (Å²) in [6.07, 6.45) is 0. The number of hydrogen-bond acceptors (Lipinski definition) is 3. The fraction of sp³-hybridized carbons (Fsp3) is 0. The molecule has 0 unspecified atom stereocenters. The van der Waals surface area contributed by atoms with Crippen molar-refractivity contribution in [3.63, 3.8) is 0 Å². The van der Waals surface area contributed by atoms with E-state index in [1.807, 2.05) is 0 Å². The summed E-state index contributed by atoms with van der Waals surface area (Å²) in [5.74, 6) is 0.367. The van der Waals surface area contributed by atoms with Crippen LogP contribution in [0.4, 0.5) is 5.69 Å². The molecule has 4 nitrogen and oxygen atoms in total. The van der Waals surface area contributed by atoms with E-state index in [2.05, 4.69) is 5.32 Å². The van der Waals surface area contributed by atoms with Gasteiger partial charge in [0, 0.05) is 0 Å². The zero-order chi connectivity index (χ0) is 11.8. The molecular weight excluding hydrogens is 218 g/mol. The van der Waals surface area contributed by atoms with Gasteiger partial charge in [0.2, 0.25) is 0 Å². The molecule has 0 aromatic heterocycles. The van der Waals surface area contributed by atoms with Crippen LogP contribution in [0.2, 0.25) is 0 Å². The summed E-state index contributed by atoms with van der Waals surface area (Å²) >= 11 is 0. The van der Waals surface area contributed by atoms with Gasteiger partial charge in [0.05, 0.1) is 11.3 Å². The molecule has 0 spiro atoms. The van der Waals surface area contributed by atoms with E-state index < -0.39 is 0 Å². The van der Waals surface area contributed by atoms with Crippen molar-refractivity contribution in [3.05, 3.63) is 48.0 Å². The maximum absolute atomic E-state index is 11.9. The Morgan fingerprint density at radius 2 is 1.88 bits per heavy atom. The van der Waals surface area contributed by atoms with Crippen LogP contribution in [0.3, 0.4) is 0 Å². The fourth-order valence-corrected chi connectivity index (χ4v) is 1.77. The second kappa shape index (κ2) is 3.52. The van der Waals surface area contributed by atoms with Crippen LogP contribution in [0.5, 0.6) is 17.2 Å². The minimum absolute atomic E-state index is 0.0469. The summed E-state index contributed by atoms with van der Waals surface area (Å²) in [6, 6.07) is 11.8. The van der Waals surface area contributed by atoms with Crippen LogP contribution in [0.25, 0.3) is 0 Å². The third-order valence-electron chi connectivity index (χ3n) is 2.59. The highest BCUT2D eigenvalue weighted by molar-refractivity contribution is 6.08. The number of para-hydroxylation sites is 3. The van der Waals surface area contributed by atoms with Crippen molar-refractivity contribution >= 4 is 11.6 Å². The molecule has 2 N–H and O–H groups in total. The lowest BCUT2D eigenvalue weighted by molar-refractivity contribution is 0.102. The number of phenolic OH excluding ortho intramolecular Hbond substituents is 1. The van der Waals surface area contributed by atoms with E-state index in [1.165, 1.54) is 6.07 Å². The van der Waals surface area contributed by atoms with Gasteiger partial charge in [-0.2, -0.15) is 0 Å². The molecule has 0 aliphatic carbocycles. The highest BCUT2D eigenvalue weighted by Crippen LogP contribution is 2.40. The van der Waals surface area contributed by atoms with E-state index in [1.54, 1.807) is 36.4 Å². The summed E-state index contributed by atoms with van der Waals surface area (Å²) in [5.41, 5.74) is 0.911. The molecular formula is C13H9NO3. The molecule has 3 rings (SSSR count). The van der Waals surface area contributed by atoms with Gasteiger partial charge in [-0.15, -0.1) is 0 Å². The number of carbonyl (C=O) groups is 1. The molecule has 1 heterocycles. The SMILES string of the molecule is O=C1Nc2ccccc2Oc2c(O)cccc21. The van der Waals surface area contributed by atoms with Gasteiger partial charge in [-0.1, -0.05) is 18.2 Å². The first-order valence-corrected chi connectivity index (χ1v) is 5.16. The van der Waals surface area contributed by atoms with Gasteiger partial charge in [-0.25, -0.2) is 0 Å². The Balaban J connectivity index is 2.22. The Morgan fingerprint density at radius 1 is 1.06 bits per heavy atom. The largest absolute Gasteiger partial charge is 0.504 e. The normalized spacial score (nSPS) is 12.8. The van der Waals surface area contributed by atoms with Gasteiger partial charge < -0.3 is 15.2 Å². The molecule has 0 atom stereocenters. The van der Waals surface area contributed by atoms with Gasteiger partial charge in [0.1, 0.15) is 0 Å². The topological polar surface area (TPSA) is 58.6 Å². The second-order valence-corrected chi connectivity index (χ2v) is 3.71. The fourth-order valence-electron chi connectivity index (χ4n) is 1.77. The Kier molecular flexibility index (Phi) is 2.01. The van der Waals surface area contributed by atoms with Gasteiger partial charge >= 0.3 is 0 Å². The van der Waals surface area contributed by atoms with Crippen LogP contribution in [-0.2, 0) is 0 Å².